The van der Waals surface area contributed by atoms with Gasteiger partial charge in [0.05, 0.1) is 6.04 Å². The molecule has 0 bridgehead atoms. The zero-order chi connectivity index (χ0) is 14.2. The van der Waals surface area contributed by atoms with Crippen LogP contribution in [0.15, 0.2) is 0 Å². The molecule has 0 radical (unpaired) electrons. The molecule has 0 amide bonds. The molecule has 0 aromatic carbocycles. The second-order valence-electron chi connectivity index (χ2n) is 5.20. The van der Waals surface area contributed by atoms with Crippen LogP contribution in [0.1, 0.15) is 52.9 Å². The Bertz CT molecular complexity index is 268. The molecule has 3 nitrogen and oxygen atoms in total. The summed E-state index contributed by atoms with van der Waals surface area (Å²) in [4.78, 5) is 22.9. The van der Waals surface area contributed by atoms with Crippen LogP contribution in [0, 0.1) is 5.41 Å². The molecule has 0 rings (SSSR count). The van der Waals surface area contributed by atoms with Crippen LogP contribution < -0.4 is 0 Å². The fraction of sp³-hybridized carbons (Fsp3) is 0.846. The number of aldehydes is 1. The van der Waals surface area contributed by atoms with Crippen molar-refractivity contribution in [1.82, 2.24) is 4.67 Å². The molecule has 0 aromatic heterocycles. The number of ketones is 1. The topological polar surface area (TPSA) is 37.4 Å². The van der Waals surface area contributed by atoms with Gasteiger partial charge in [-0.25, -0.2) is 0 Å². The first-order chi connectivity index (χ1) is 8.42. The Labute approximate surface area is 115 Å². The zero-order valence-corrected chi connectivity index (χ0v) is 14.2. The van der Waals surface area contributed by atoms with Crippen molar-refractivity contribution in [2.45, 2.75) is 58.9 Å². The Balaban J connectivity index is 4.22. The van der Waals surface area contributed by atoms with Gasteiger partial charge < -0.3 is 4.79 Å². The molecule has 3 unspecified atom stereocenters. The molecule has 0 saturated carbocycles. The van der Waals surface area contributed by atoms with E-state index < -0.39 is 0 Å². The number of Topliss-reactive ketones (excluding diaryl/α,β-unsaturated/α-hetero) is 1. The van der Waals surface area contributed by atoms with Crippen LogP contribution >= 0.6 is 17.3 Å². The summed E-state index contributed by atoms with van der Waals surface area (Å²) in [7, 11) is 4.95. The van der Waals surface area contributed by atoms with E-state index >= 15 is 0 Å². The van der Waals surface area contributed by atoms with Gasteiger partial charge in [0.2, 0.25) is 0 Å². The predicted octanol–water partition coefficient (Wildman–Crippen LogP) is 3.44. The third kappa shape index (κ3) is 6.36. The molecule has 0 aliphatic heterocycles. The molecular formula is C13H27NO2P2. The van der Waals surface area contributed by atoms with E-state index in [0.717, 1.165) is 25.5 Å². The van der Waals surface area contributed by atoms with E-state index in [-0.39, 0.29) is 17.2 Å². The number of likely N-dealkylation sites (N-methyl/N-ethyl adjacent to an activating group) is 1. The Hall–Kier alpha value is 0.160. The summed E-state index contributed by atoms with van der Waals surface area (Å²) in [6.45, 7) is 6.57. The van der Waals surface area contributed by atoms with Crippen molar-refractivity contribution in [3.8, 4) is 0 Å². The smallest absolute Gasteiger partial charge is 0.137 e. The highest BCUT2D eigenvalue weighted by atomic mass is 32.0. The van der Waals surface area contributed by atoms with E-state index in [2.05, 4.69) is 29.7 Å². The molecule has 5 heteroatoms. The normalized spacial score (nSPS) is 14.3. The summed E-state index contributed by atoms with van der Waals surface area (Å²) >= 11 is 0. The van der Waals surface area contributed by atoms with Crippen molar-refractivity contribution in [1.29, 1.82) is 0 Å². The lowest BCUT2D eigenvalue weighted by Crippen LogP contribution is -2.28. The SMILES string of the molecule is CCC(C)(CC)CCC(=O)CC(C=O)N(C)PP. The highest BCUT2D eigenvalue weighted by Crippen LogP contribution is 2.32. The molecule has 0 aliphatic rings. The molecule has 0 fully saturated rings. The molecule has 18 heavy (non-hydrogen) atoms. The second-order valence-corrected chi connectivity index (χ2v) is 6.94. The van der Waals surface area contributed by atoms with Crippen LogP contribution in [0.5, 0.6) is 0 Å². The van der Waals surface area contributed by atoms with Crippen LogP contribution in [-0.2, 0) is 9.59 Å². The minimum Gasteiger partial charge on any atom is -0.302 e. The third-order valence-electron chi connectivity index (χ3n) is 4.01. The number of carbonyl (C=O) groups excluding carboxylic acids is 2. The molecular weight excluding hydrogens is 264 g/mol. The van der Waals surface area contributed by atoms with Crippen molar-refractivity contribution in [2.24, 2.45) is 5.41 Å². The maximum absolute atomic E-state index is 11.9. The van der Waals surface area contributed by atoms with Gasteiger partial charge in [-0.1, -0.05) is 42.5 Å². The maximum Gasteiger partial charge on any atom is 0.137 e. The Morgan fingerprint density at radius 3 is 2.39 bits per heavy atom. The summed E-state index contributed by atoms with van der Waals surface area (Å²) in [5, 5.41) is 0. The molecule has 0 heterocycles. The van der Waals surface area contributed by atoms with E-state index in [0.29, 0.717) is 21.3 Å². The lowest BCUT2D eigenvalue weighted by molar-refractivity contribution is -0.123. The summed E-state index contributed by atoms with van der Waals surface area (Å²) in [6, 6.07) is -0.261. The fourth-order valence-electron chi connectivity index (χ4n) is 1.75. The zero-order valence-electron chi connectivity index (χ0n) is 12.0. The number of hydrogen-bond donors (Lipinski definition) is 0. The van der Waals surface area contributed by atoms with Gasteiger partial charge in [-0.3, -0.25) is 9.46 Å². The van der Waals surface area contributed by atoms with Crippen LogP contribution in [0.4, 0.5) is 0 Å². The van der Waals surface area contributed by atoms with Gasteiger partial charge in [-0.05, 0) is 27.3 Å². The number of carbonyl (C=O) groups is 2. The monoisotopic (exact) mass is 291 g/mol. The summed E-state index contributed by atoms with van der Waals surface area (Å²) in [5.74, 6) is 0.204. The lowest BCUT2D eigenvalue weighted by atomic mass is 9.79. The van der Waals surface area contributed by atoms with Gasteiger partial charge in [-0.15, -0.1) is 0 Å². The lowest BCUT2D eigenvalue weighted by Gasteiger charge is -2.26. The molecule has 0 spiro atoms. The highest BCUT2D eigenvalue weighted by Gasteiger charge is 2.22. The van der Waals surface area contributed by atoms with Gasteiger partial charge in [0.25, 0.3) is 0 Å². The molecule has 3 atom stereocenters. The molecule has 0 aromatic rings. The molecule has 106 valence electrons. The maximum atomic E-state index is 11.9. The minimum absolute atomic E-state index is 0.204. The average molecular weight is 291 g/mol. The summed E-state index contributed by atoms with van der Waals surface area (Å²) in [6.07, 6.45) is 4.95. The van der Waals surface area contributed by atoms with Crippen LogP contribution in [0.2, 0.25) is 0 Å². The molecule has 0 aliphatic carbocycles. The number of hydrogen-bond acceptors (Lipinski definition) is 3. The van der Waals surface area contributed by atoms with E-state index in [4.69, 9.17) is 0 Å². The average Bonchev–Trinajstić information content (AvgIpc) is 2.41. The molecule has 0 saturated heterocycles. The van der Waals surface area contributed by atoms with Gasteiger partial charge in [-0.2, -0.15) is 0 Å². The summed E-state index contributed by atoms with van der Waals surface area (Å²) < 4.78 is 1.91. The highest BCUT2D eigenvalue weighted by molar-refractivity contribution is 8.01. The third-order valence-corrected chi connectivity index (χ3v) is 5.97. The first-order valence-electron chi connectivity index (χ1n) is 6.58. The molecule has 0 N–H and O–H groups in total. The van der Waals surface area contributed by atoms with Crippen molar-refractivity contribution in [3.63, 3.8) is 0 Å². The van der Waals surface area contributed by atoms with Gasteiger partial charge in [0, 0.05) is 12.8 Å². The van der Waals surface area contributed by atoms with E-state index in [1.54, 1.807) is 0 Å². The van der Waals surface area contributed by atoms with E-state index in [1.165, 1.54) is 0 Å². The van der Waals surface area contributed by atoms with Gasteiger partial charge >= 0.3 is 0 Å². The van der Waals surface area contributed by atoms with Crippen molar-refractivity contribution in [3.05, 3.63) is 0 Å². The predicted molar refractivity (Wildman–Crippen MR) is 83.2 cm³/mol. The van der Waals surface area contributed by atoms with Gasteiger partial charge in [0.15, 0.2) is 0 Å². The van der Waals surface area contributed by atoms with Crippen LogP contribution in [0.25, 0.3) is 0 Å². The first kappa shape index (κ1) is 18.2. The largest absolute Gasteiger partial charge is 0.302 e. The minimum atomic E-state index is -0.261. The van der Waals surface area contributed by atoms with Crippen molar-refractivity contribution in [2.75, 3.05) is 7.05 Å². The Morgan fingerprint density at radius 1 is 1.44 bits per heavy atom. The standard InChI is InChI=1S/C13H27NO2P2/c1-5-13(3,6-2)8-7-12(16)9-11(10-15)14(4)18-17/h10-11,18H,5-9,17H2,1-4H3. The summed E-state index contributed by atoms with van der Waals surface area (Å²) in [5.41, 5.74) is 0.264. The fourth-order valence-corrected chi connectivity index (χ4v) is 2.67. The number of rotatable bonds is 10. The Morgan fingerprint density at radius 2 is 2.00 bits per heavy atom. The van der Waals surface area contributed by atoms with Crippen molar-refractivity contribution >= 4 is 29.4 Å². The van der Waals surface area contributed by atoms with E-state index in [1.807, 2.05) is 11.7 Å². The van der Waals surface area contributed by atoms with Crippen molar-refractivity contribution < 1.29 is 9.59 Å². The Kier molecular flexibility index (Phi) is 9.21. The van der Waals surface area contributed by atoms with Crippen LogP contribution in [0.3, 0.4) is 0 Å². The van der Waals surface area contributed by atoms with E-state index in [9.17, 15) is 9.59 Å². The first-order valence-corrected chi connectivity index (χ1v) is 9.34. The number of nitrogens with zero attached hydrogens (tertiary/aromatic N) is 1. The van der Waals surface area contributed by atoms with Gasteiger partial charge in [0.1, 0.15) is 12.1 Å². The quantitative estimate of drug-likeness (QED) is 0.457. The second kappa shape index (κ2) is 9.13. The van der Waals surface area contributed by atoms with Crippen LogP contribution in [-0.4, -0.2) is 29.8 Å².